The van der Waals surface area contributed by atoms with Gasteiger partial charge in [0.1, 0.15) is 11.4 Å². The molecule has 22 heavy (non-hydrogen) atoms. The second-order valence-corrected chi connectivity index (χ2v) is 7.50. The molecule has 1 amide bonds. The van der Waals surface area contributed by atoms with E-state index in [4.69, 9.17) is 0 Å². The highest BCUT2D eigenvalue weighted by Crippen LogP contribution is 2.33. The summed E-state index contributed by atoms with van der Waals surface area (Å²) in [7, 11) is 0. The van der Waals surface area contributed by atoms with Gasteiger partial charge in [0.05, 0.1) is 4.88 Å². The number of halogens is 1. The normalized spacial score (nSPS) is 21.2. The number of hydrogen-bond acceptors (Lipinski definition) is 4. The molecule has 1 aromatic heterocycles. The molecule has 1 fully saturated rings. The van der Waals surface area contributed by atoms with Gasteiger partial charge in [-0.1, -0.05) is 6.07 Å². The van der Waals surface area contributed by atoms with Crippen molar-refractivity contribution in [3.63, 3.8) is 0 Å². The molecular formula is C15H14FNO3S2. The van der Waals surface area contributed by atoms with Gasteiger partial charge in [-0.25, -0.2) is 9.18 Å². The Morgan fingerprint density at radius 2 is 2.18 bits per heavy atom. The monoisotopic (exact) mass is 339 g/mol. The highest BCUT2D eigenvalue weighted by molar-refractivity contribution is 7.99. The van der Waals surface area contributed by atoms with Gasteiger partial charge in [0.15, 0.2) is 0 Å². The molecule has 4 nitrogen and oxygen atoms in total. The molecule has 7 heteroatoms. The second kappa shape index (κ2) is 5.55. The number of thioether (sulfide) groups is 1. The van der Waals surface area contributed by atoms with Crippen LogP contribution in [-0.2, 0) is 4.79 Å². The minimum absolute atomic E-state index is 0.352. The minimum atomic E-state index is -1.20. The summed E-state index contributed by atoms with van der Waals surface area (Å²) >= 11 is 2.70. The maximum absolute atomic E-state index is 13.3. The third kappa shape index (κ3) is 2.48. The van der Waals surface area contributed by atoms with Crippen molar-refractivity contribution >= 4 is 45.1 Å². The molecular weight excluding hydrogens is 325 g/mol. The molecule has 1 saturated heterocycles. The van der Waals surface area contributed by atoms with Gasteiger partial charge in [-0.3, -0.25) is 4.79 Å². The number of carboxylic acids is 1. The maximum atomic E-state index is 13.3. The Kier molecular flexibility index (Phi) is 3.86. The Hall–Kier alpha value is -1.60. The molecule has 0 radical (unpaired) electrons. The Morgan fingerprint density at radius 3 is 2.82 bits per heavy atom. The number of thiophene rings is 1. The SMILES string of the molecule is Cc1c(C(=O)NC2(C(=O)O)CCSC2)sc2cc(F)ccc12. The molecule has 0 saturated carbocycles. The van der Waals surface area contributed by atoms with Gasteiger partial charge in [-0.2, -0.15) is 11.8 Å². The number of carbonyl (C=O) groups excluding carboxylic acids is 1. The zero-order valence-corrected chi connectivity index (χ0v) is 13.4. The van der Waals surface area contributed by atoms with E-state index in [1.807, 2.05) is 0 Å². The van der Waals surface area contributed by atoms with Gasteiger partial charge in [0, 0.05) is 10.5 Å². The minimum Gasteiger partial charge on any atom is -0.479 e. The van der Waals surface area contributed by atoms with Crippen molar-refractivity contribution in [1.82, 2.24) is 5.32 Å². The Labute approximate surface area is 134 Å². The number of benzene rings is 1. The number of nitrogens with one attached hydrogen (secondary N) is 1. The molecule has 0 bridgehead atoms. The summed E-state index contributed by atoms with van der Waals surface area (Å²) < 4.78 is 14.0. The number of rotatable bonds is 3. The molecule has 0 spiro atoms. The molecule has 116 valence electrons. The predicted molar refractivity (Wildman–Crippen MR) is 86.3 cm³/mol. The maximum Gasteiger partial charge on any atom is 0.330 e. The molecule has 0 aliphatic carbocycles. The van der Waals surface area contributed by atoms with Crippen molar-refractivity contribution < 1.29 is 19.1 Å². The van der Waals surface area contributed by atoms with Crippen LogP contribution >= 0.6 is 23.1 Å². The van der Waals surface area contributed by atoms with Crippen LogP contribution in [0.15, 0.2) is 18.2 Å². The van der Waals surface area contributed by atoms with E-state index in [9.17, 15) is 19.1 Å². The third-order valence-electron chi connectivity index (χ3n) is 3.89. The van der Waals surface area contributed by atoms with E-state index in [1.54, 1.807) is 13.0 Å². The molecule has 1 aliphatic heterocycles. The molecule has 1 unspecified atom stereocenters. The average Bonchev–Trinajstić information content (AvgIpc) is 3.05. The van der Waals surface area contributed by atoms with Crippen molar-refractivity contribution in [2.45, 2.75) is 18.9 Å². The molecule has 2 aromatic rings. The van der Waals surface area contributed by atoms with Crippen LogP contribution in [-0.4, -0.2) is 34.0 Å². The van der Waals surface area contributed by atoms with Gasteiger partial charge < -0.3 is 10.4 Å². The summed E-state index contributed by atoms with van der Waals surface area (Å²) in [6.07, 6.45) is 0.414. The van der Waals surface area contributed by atoms with Crippen LogP contribution in [0.4, 0.5) is 4.39 Å². The van der Waals surface area contributed by atoms with Crippen molar-refractivity contribution in [1.29, 1.82) is 0 Å². The largest absolute Gasteiger partial charge is 0.479 e. The van der Waals surface area contributed by atoms with Gasteiger partial charge in [0.2, 0.25) is 0 Å². The van der Waals surface area contributed by atoms with Crippen LogP contribution in [0.2, 0.25) is 0 Å². The van der Waals surface area contributed by atoms with E-state index in [-0.39, 0.29) is 5.82 Å². The van der Waals surface area contributed by atoms with E-state index in [2.05, 4.69) is 5.32 Å². The lowest BCUT2D eigenvalue weighted by atomic mass is 9.99. The number of amides is 1. The van der Waals surface area contributed by atoms with Gasteiger partial charge in [0.25, 0.3) is 5.91 Å². The molecule has 2 N–H and O–H groups in total. The lowest BCUT2D eigenvalue weighted by molar-refractivity contribution is -0.143. The smallest absolute Gasteiger partial charge is 0.330 e. The van der Waals surface area contributed by atoms with Crippen LogP contribution < -0.4 is 5.32 Å². The number of fused-ring (bicyclic) bond motifs is 1. The lowest BCUT2D eigenvalue weighted by Gasteiger charge is -2.24. The average molecular weight is 339 g/mol. The van der Waals surface area contributed by atoms with Crippen LogP contribution in [0, 0.1) is 12.7 Å². The summed E-state index contributed by atoms with van der Waals surface area (Å²) in [5.74, 6) is -0.676. The zero-order valence-electron chi connectivity index (χ0n) is 11.8. The van der Waals surface area contributed by atoms with E-state index >= 15 is 0 Å². The first-order valence-corrected chi connectivity index (χ1v) is 8.72. The van der Waals surface area contributed by atoms with Gasteiger partial charge >= 0.3 is 5.97 Å². The first kappa shape index (κ1) is 15.3. The lowest BCUT2D eigenvalue weighted by Crippen LogP contribution is -2.54. The molecule has 3 rings (SSSR count). The van der Waals surface area contributed by atoms with Crippen LogP contribution in [0.25, 0.3) is 10.1 Å². The molecule has 1 aliphatic rings. The summed E-state index contributed by atoms with van der Waals surface area (Å²) in [6, 6.07) is 4.39. The first-order chi connectivity index (χ1) is 10.4. The molecule has 1 aromatic carbocycles. The van der Waals surface area contributed by atoms with E-state index in [0.29, 0.717) is 27.5 Å². The van der Waals surface area contributed by atoms with Gasteiger partial charge in [-0.15, -0.1) is 11.3 Å². The van der Waals surface area contributed by atoms with Crippen molar-refractivity contribution in [3.05, 3.63) is 34.5 Å². The standard InChI is InChI=1S/C15H14FNO3S2/c1-8-10-3-2-9(16)6-11(10)22-12(8)13(18)17-15(14(19)20)4-5-21-7-15/h2-3,6H,4-5,7H2,1H3,(H,17,18)(H,19,20). The number of hydrogen-bond donors (Lipinski definition) is 2. The third-order valence-corrected chi connectivity index (χ3v) is 6.33. The van der Waals surface area contributed by atoms with E-state index < -0.39 is 17.4 Å². The molecule has 1 atom stereocenters. The highest BCUT2D eigenvalue weighted by atomic mass is 32.2. The number of carbonyl (C=O) groups is 2. The second-order valence-electron chi connectivity index (χ2n) is 5.34. The summed E-state index contributed by atoms with van der Waals surface area (Å²) in [5, 5.41) is 12.9. The van der Waals surface area contributed by atoms with Crippen LogP contribution in [0.1, 0.15) is 21.7 Å². The van der Waals surface area contributed by atoms with Crippen molar-refractivity contribution in [2.75, 3.05) is 11.5 Å². The number of carboxylic acid groups (broad SMARTS) is 1. The topological polar surface area (TPSA) is 66.4 Å². The van der Waals surface area contributed by atoms with Gasteiger partial charge in [-0.05, 0) is 42.2 Å². The fraction of sp³-hybridized carbons (Fsp3) is 0.333. The summed E-state index contributed by atoms with van der Waals surface area (Å²) in [5.41, 5.74) is -0.445. The fourth-order valence-electron chi connectivity index (χ4n) is 2.58. The Morgan fingerprint density at radius 1 is 1.41 bits per heavy atom. The fourth-order valence-corrected chi connectivity index (χ4v) is 5.03. The Balaban J connectivity index is 1.95. The summed E-state index contributed by atoms with van der Waals surface area (Å²) in [4.78, 5) is 24.5. The number of aryl methyl sites for hydroxylation is 1. The first-order valence-electron chi connectivity index (χ1n) is 6.75. The van der Waals surface area contributed by atoms with E-state index in [0.717, 1.165) is 10.9 Å². The van der Waals surface area contributed by atoms with E-state index in [1.165, 1.54) is 35.2 Å². The van der Waals surface area contributed by atoms with Crippen LogP contribution in [0.5, 0.6) is 0 Å². The zero-order chi connectivity index (χ0) is 15.9. The van der Waals surface area contributed by atoms with Crippen molar-refractivity contribution in [3.8, 4) is 0 Å². The number of aliphatic carboxylic acids is 1. The van der Waals surface area contributed by atoms with Crippen LogP contribution in [0.3, 0.4) is 0 Å². The predicted octanol–water partition coefficient (Wildman–Crippen LogP) is 3.04. The summed E-state index contributed by atoms with van der Waals surface area (Å²) in [6.45, 7) is 1.79. The molecule has 2 heterocycles. The highest BCUT2D eigenvalue weighted by Gasteiger charge is 2.43. The Bertz CT molecular complexity index is 765. The quantitative estimate of drug-likeness (QED) is 0.902. The van der Waals surface area contributed by atoms with Crippen molar-refractivity contribution in [2.24, 2.45) is 0 Å².